The number of hydrogen-bond donors (Lipinski definition) is 1. The molecule has 0 aliphatic carbocycles. The van der Waals surface area contributed by atoms with Crippen LogP contribution in [-0.4, -0.2) is 21.5 Å². The molecule has 1 heterocycles. The molecule has 7 heteroatoms. The van der Waals surface area contributed by atoms with Gasteiger partial charge < -0.3 is 0 Å². The lowest BCUT2D eigenvalue weighted by molar-refractivity contribution is -0.384. The van der Waals surface area contributed by atoms with Gasteiger partial charge in [-0.3, -0.25) is 19.9 Å². The number of carbonyl (C=O) groups is 1. The summed E-state index contributed by atoms with van der Waals surface area (Å²) in [6.07, 6.45) is 3.29. The molecule has 2 aromatic carbocycles. The van der Waals surface area contributed by atoms with E-state index in [1.807, 2.05) is 36.4 Å². The fourth-order valence-corrected chi connectivity index (χ4v) is 2.33. The van der Waals surface area contributed by atoms with Crippen LogP contribution in [0.15, 0.2) is 84.2 Å². The molecular weight excluding hydrogens is 332 g/mol. The van der Waals surface area contributed by atoms with Gasteiger partial charge in [0, 0.05) is 41.2 Å². The zero-order chi connectivity index (χ0) is 18.4. The molecule has 0 atom stereocenters. The third kappa shape index (κ3) is 3.96. The van der Waals surface area contributed by atoms with Crippen LogP contribution in [-0.2, 0) is 0 Å². The standard InChI is InChI=1S/C19H14N4O3/c24-19(15-8-4-10-17(12-15)23(25)26)22-21-18(14-6-2-1-3-7-14)16-9-5-11-20-13-16/h1-13H,(H,22,24). The van der Waals surface area contributed by atoms with Gasteiger partial charge in [-0.2, -0.15) is 5.10 Å². The Balaban J connectivity index is 1.91. The second-order valence-electron chi connectivity index (χ2n) is 5.32. The van der Waals surface area contributed by atoms with Gasteiger partial charge in [0.1, 0.15) is 0 Å². The number of pyridine rings is 1. The van der Waals surface area contributed by atoms with Crippen molar-refractivity contribution >= 4 is 17.3 Å². The van der Waals surface area contributed by atoms with Crippen molar-refractivity contribution in [2.24, 2.45) is 5.10 Å². The first kappa shape index (κ1) is 17.0. The quantitative estimate of drug-likeness (QED) is 0.436. The summed E-state index contributed by atoms with van der Waals surface area (Å²) in [6.45, 7) is 0. The first-order valence-corrected chi connectivity index (χ1v) is 7.73. The Labute approximate surface area is 149 Å². The number of hydrazone groups is 1. The van der Waals surface area contributed by atoms with Crippen LogP contribution in [0.1, 0.15) is 21.5 Å². The van der Waals surface area contributed by atoms with E-state index in [1.54, 1.807) is 18.5 Å². The lowest BCUT2D eigenvalue weighted by Crippen LogP contribution is -2.20. The number of carbonyl (C=O) groups excluding carboxylic acids is 1. The number of benzene rings is 2. The molecule has 0 unspecified atom stereocenters. The third-order valence-corrected chi connectivity index (χ3v) is 3.57. The van der Waals surface area contributed by atoms with Gasteiger partial charge in [0.2, 0.25) is 0 Å². The first-order valence-electron chi connectivity index (χ1n) is 7.73. The monoisotopic (exact) mass is 346 g/mol. The number of hydrogen-bond acceptors (Lipinski definition) is 5. The van der Waals surface area contributed by atoms with Crippen LogP contribution in [0.25, 0.3) is 0 Å². The second-order valence-corrected chi connectivity index (χ2v) is 5.32. The topological polar surface area (TPSA) is 97.5 Å². The Morgan fingerprint density at radius 1 is 0.962 bits per heavy atom. The van der Waals surface area contributed by atoms with Crippen molar-refractivity contribution in [3.63, 3.8) is 0 Å². The van der Waals surface area contributed by atoms with E-state index in [0.29, 0.717) is 5.71 Å². The molecule has 128 valence electrons. The van der Waals surface area contributed by atoms with Crippen LogP contribution in [0.3, 0.4) is 0 Å². The van der Waals surface area contributed by atoms with Gasteiger partial charge in [-0.15, -0.1) is 0 Å². The van der Waals surface area contributed by atoms with E-state index in [1.165, 1.54) is 24.3 Å². The zero-order valence-electron chi connectivity index (χ0n) is 13.6. The average molecular weight is 346 g/mol. The molecule has 1 amide bonds. The Hall–Kier alpha value is -3.87. The van der Waals surface area contributed by atoms with E-state index in [-0.39, 0.29) is 11.3 Å². The van der Waals surface area contributed by atoms with Crippen molar-refractivity contribution in [3.8, 4) is 0 Å². The number of nitrogens with one attached hydrogen (secondary N) is 1. The minimum atomic E-state index is -0.551. The molecule has 0 fully saturated rings. The van der Waals surface area contributed by atoms with E-state index in [0.717, 1.165) is 11.1 Å². The molecule has 1 N–H and O–H groups in total. The first-order chi connectivity index (χ1) is 12.6. The van der Waals surface area contributed by atoms with Crippen LogP contribution in [0.2, 0.25) is 0 Å². The third-order valence-electron chi connectivity index (χ3n) is 3.57. The van der Waals surface area contributed by atoms with Crippen LogP contribution < -0.4 is 5.43 Å². The van der Waals surface area contributed by atoms with E-state index in [9.17, 15) is 14.9 Å². The number of rotatable bonds is 5. The summed E-state index contributed by atoms with van der Waals surface area (Å²) in [7, 11) is 0. The smallest absolute Gasteiger partial charge is 0.267 e. The predicted octanol–water partition coefficient (Wildman–Crippen LogP) is 3.17. The van der Waals surface area contributed by atoms with Crippen LogP contribution >= 0.6 is 0 Å². The van der Waals surface area contributed by atoms with Gasteiger partial charge in [-0.05, 0) is 18.2 Å². The van der Waals surface area contributed by atoms with Crippen molar-refractivity contribution in [3.05, 3.63) is 106 Å². The van der Waals surface area contributed by atoms with Crippen molar-refractivity contribution in [2.75, 3.05) is 0 Å². The molecule has 0 radical (unpaired) electrons. The highest BCUT2D eigenvalue weighted by Gasteiger charge is 2.12. The second kappa shape index (κ2) is 7.80. The highest BCUT2D eigenvalue weighted by Crippen LogP contribution is 2.13. The molecule has 3 aromatic rings. The number of aromatic nitrogens is 1. The Bertz CT molecular complexity index is 915. The minimum Gasteiger partial charge on any atom is -0.267 e. The number of amides is 1. The summed E-state index contributed by atoms with van der Waals surface area (Å²) in [5.74, 6) is -0.536. The van der Waals surface area contributed by atoms with E-state index < -0.39 is 10.8 Å². The number of nitro benzene ring substituents is 1. The van der Waals surface area contributed by atoms with Crippen molar-refractivity contribution in [1.82, 2.24) is 10.4 Å². The van der Waals surface area contributed by atoms with Gasteiger partial charge in [0.25, 0.3) is 11.6 Å². The van der Waals surface area contributed by atoms with Crippen LogP contribution in [0, 0.1) is 10.1 Å². The van der Waals surface area contributed by atoms with Crippen LogP contribution in [0.4, 0.5) is 5.69 Å². The maximum absolute atomic E-state index is 12.3. The number of non-ortho nitro benzene ring substituents is 1. The summed E-state index contributed by atoms with van der Waals surface area (Å²) < 4.78 is 0. The normalized spacial score (nSPS) is 11.0. The molecule has 0 aliphatic heterocycles. The van der Waals surface area contributed by atoms with E-state index in [4.69, 9.17) is 0 Å². The Morgan fingerprint density at radius 2 is 1.69 bits per heavy atom. The molecule has 0 saturated carbocycles. The van der Waals surface area contributed by atoms with E-state index in [2.05, 4.69) is 15.5 Å². The predicted molar refractivity (Wildman–Crippen MR) is 96.9 cm³/mol. The summed E-state index contributed by atoms with van der Waals surface area (Å²) in [5, 5.41) is 15.1. The number of nitrogens with zero attached hydrogens (tertiary/aromatic N) is 3. The zero-order valence-corrected chi connectivity index (χ0v) is 13.6. The molecule has 0 bridgehead atoms. The molecule has 1 aromatic heterocycles. The molecule has 7 nitrogen and oxygen atoms in total. The summed E-state index contributed by atoms with van der Waals surface area (Å²) in [6, 6.07) is 18.4. The summed E-state index contributed by atoms with van der Waals surface area (Å²) in [4.78, 5) is 26.7. The lowest BCUT2D eigenvalue weighted by atomic mass is 10.0. The molecule has 26 heavy (non-hydrogen) atoms. The Kier molecular flexibility index (Phi) is 5.09. The van der Waals surface area contributed by atoms with Gasteiger partial charge >= 0.3 is 0 Å². The Morgan fingerprint density at radius 3 is 2.38 bits per heavy atom. The SMILES string of the molecule is O=C(NN=C(c1ccccc1)c1cccnc1)c1cccc([N+](=O)[O-])c1. The van der Waals surface area contributed by atoms with Crippen LogP contribution in [0.5, 0.6) is 0 Å². The maximum Gasteiger partial charge on any atom is 0.271 e. The van der Waals surface area contributed by atoms with Crippen molar-refractivity contribution in [2.45, 2.75) is 0 Å². The average Bonchev–Trinajstić information content (AvgIpc) is 2.69. The largest absolute Gasteiger partial charge is 0.271 e. The fourth-order valence-electron chi connectivity index (χ4n) is 2.33. The highest BCUT2D eigenvalue weighted by atomic mass is 16.6. The number of nitro groups is 1. The van der Waals surface area contributed by atoms with Gasteiger partial charge in [-0.25, -0.2) is 5.43 Å². The molecule has 3 rings (SSSR count). The van der Waals surface area contributed by atoms with E-state index >= 15 is 0 Å². The van der Waals surface area contributed by atoms with Gasteiger partial charge in [0.05, 0.1) is 10.6 Å². The lowest BCUT2D eigenvalue weighted by Gasteiger charge is -2.07. The maximum atomic E-state index is 12.3. The highest BCUT2D eigenvalue weighted by molar-refractivity contribution is 6.13. The molecule has 0 spiro atoms. The fraction of sp³-hybridized carbons (Fsp3) is 0. The molecule has 0 aliphatic rings. The minimum absolute atomic E-state index is 0.154. The molecular formula is C19H14N4O3. The van der Waals surface area contributed by atoms with Gasteiger partial charge in [-0.1, -0.05) is 36.4 Å². The summed E-state index contributed by atoms with van der Waals surface area (Å²) >= 11 is 0. The van der Waals surface area contributed by atoms with Crippen molar-refractivity contribution < 1.29 is 9.72 Å². The van der Waals surface area contributed by atoms with Gasteiger partial charge in [0.15, 0.2) is 0 Å². The van der Waals surface area contributed by atoms with Crippen molar-refractivity contribution in [1.29, 1.82) is 0 Å². The summed E-state index contributed by atoms with van der Waals surface area (Å²) in [5.41, 5.74) is 4.54. The molecule has 0 saturated heterocycles.